The van der Waals surface area contributed by atoms with Crippen molar-refractivity contribution in [1.82, 2.24) is 0 Å². The molecule has 2 aromatic carbocycles. The second kappa shape index (κ2) is 6.25. The smallest absolute Gasteiger partial charge is 0.257 e. The zero-order valence-electron chi connectivity index (χ0n) is 11.1. The molecule has 0 saturated carbocycles. The minimum absolute atomic E-state index is 0.350. The maximum Gasteiger partial charge on any atom is 0.257 e. The number of primary amides is 1. The van der Waals surface area contributed by atoms with Gasteiger partial charge in [-0.3, -0.25) is 9.59 Å². The fraction of sp³-hybridized carbons (Fsp3) is 0. The van der Waals surface area contributed by atoms with Gasteiger partial charge in [0.05, 0.1) is 21.8 Å². The number of anilines is 1. The number of benzene rings is 2. The lowest BCUT2D eigenvalue weighted by Crippen LogP contribution is -2.17. The van der Waals surface area contributed by atoms with Gasteiger partial charge in [-0.25, -0.2) is 17.6 Å². The topological polar surface area (TPSA) is 72.2 Å². The Morgan fingerprint density at radius 3 is 2.09 bits per heavy atom. The van der Waals surface area contributed by atoms with Crippen LogP contribution in [-0.4, -0.2) is 11.8 Å². The van der Waals surface area contributed by atoms with Gasteiger partial charge in [0, 0.05) is 6.07 Å². The molecule has 2 amide bonds. The molecule has 120 valence electrons. The molecule has 2 rings (SSSR count). The predicted octanol–water partition coefficient (Wildman–Crippen LogP) is 3.25. The zero-order valence-corrected chi connectivity index (χ0v) is 11.8. The highest BCUT2D eigenvalue weighted by Gasteiger charge is 2.19. The van der Waals surface area contributed by atoms with Gasteiger partial charge in [0.1, 0.15) is 11.6 Å². The third-order valence-electron chi connectivity index (χ3n) is 2.82. The number of nitrogens with one attached hydrogen (secondary N) is 1. The molecule has 9 heteroatoms. The van der Waals surface area contributed by atoms with Crippen molar-refractivity contribution in [3.8, 4) is 0 Å². The van der Waals surface area contributed by atoms with Crippen LogP contribution in [0.15, 0.2) is 24.3 Å². The molecule has 0 saturated heterocycles. The van der Waals surface area contributed by atoms with Gasteiger partial charge in [-0.15, -0.1) is 0 Å². The number of hydrogen-bond donors (Lipinski definition) is 2. The Hall–Kier alpha value is -2.61. The summed E-state index contributed by atoms with van der Waals surface area (Å²) in [5.74, 6) is -7.27. The molecular formula is C14H7ClF4N2O2. The van der Waals surface area contributed by atoms with Crippen molar-refractivity contribution in [2.24, 2.45) is 5.73 Å². The van der Waals surface area contributed by atoms with Gasteiger partial charge in [-0.2, -0.15) is 0 Å². The van der Waals surface area contributed by atoms with E-state index in [4.69, 9.17) is 17.3 Å². The van der Waals surface area contributed by atoms with Crippen LogP contribution in [0.1, 0.15) is 20.7 Å². The first-order chi connectivity index (χ1) is 10.7. The van der Waals surface area contributed by atoms with E-state index >= 15 is 0 Å². The Morgan fingerprint density at radius 1 is 0.870 bits per heavy atom. The van der Waals surface area contributed by atoms with Crippen LogP contribution in [0.25, 0.3) is 0 Å². The molecule has 0 spiro atoms. The van der Waals surface area contributed by atoms with Gasteiger partial charge in [-0.1, -0.05) is 11.6 Å². The third-order valence-corrected chi connectivity index (χ3v) is 3.14. The van der Waals surface area contributed by atoms with Crippen LogP contribution >= 0.6 is 11.6 Å². The predicted molar refractivity (Wildman–Crippen MR) is 74.2 cm³/mol. The van der Waals surface area contributed by atoms with E-state index in [1.807, 2.05) is 5.32 Å². The average molecular weight is 347 g/mol. The number of carbonyl (C=O) groups excluding carboxylic acids is 2. The van der Waals surface area contributed by atoms with E-state index < -0.39 is 56.9 Å². The highest BCUT2D eigenvalue weighted by molar-refractivity contribution is 6.34. The van der Waals surface area contributed by atoms with Crippen LogP contribution in [0.3, 0.4) is 0 Å². The first-order valence-corrected chi connectivity index (χ1v) is 6.33. The monoisotopic (exact) mass is 346 g/mol. The Kier molecular flexibility index (Phi) is 4.55. The molecule has 0 aliphatic carbocycles. The molecule has 0 unspecified atom stereocenters. The molecule has 0 fully saturated rings. The first kappa shape index (κ1) is 16.8. The summed E-state index contributed by atoms with van der Waals surface area (Å²) in [5.41, 5.74) is 3.20. The minimum atomic E-state index is -1.34. The highest BCUT2D eigenvalue weighted by atomic mass is 35.5. The molecule has 23 heavy (non-hydrogen) atoms. The van der Waals surface area contributed by atoms with Gasteiger partial charge in [0.25, 0.3) is 11.8 Å². The molecule has 0 bridgehead atoms. The van der Waals surface area contributed by atoms with Crippen LogP contribution in [0.2, 0.25) is 5.02 Å². The summed E-state index contributed by atoms with van der Waals surface area (Å²) in [4.78, 5) is 23.0. The molecule has 0 radical (unpaired) electrons. The van der Waals surface area contributed by atoms with Crippen LogP contribution in [0.5, 0.6) is 0 Å². The molecule has 0 aliphatic heterocycles. The number of rotatable bonds is 3. The lowest BCUT2D eigenvalue weighted by molar-refractivity contribution is 0.0992. The van der Waals surface area contributed by atoms with E-state index in [-0.39, 0.29) is 0 Å². The third kappa shape index (κ3) is 3.42. The average Bonchev–Trinajstić information content (AvgIpc) is 2.45. The largest absolute Gasteiger partial charge is 0.366 e. The van der Waals surface area contributed by atoms with Crippen molar-refractivity contribution >= 4 is 29.1 Å². The Morgan fingerprint density at radius 2 is 1.48 bits per heavy atom. The number of amides is 2. The molecule has 0 atom stereocenters. The summed E-state index contributed by atoms with van der Waals surface area (Å²) in [6.45, 7) is 0. The van der Waals surface area contributed by atoms with E-state index in [0.29, 0.717) is 24.3 Å². The lowest BCUT2D eigenvalue weighted by Gasteiger charge is -2.10. The summed E-state index contributed by atoms with van der Waals surface area (Å²) in [7, 11) is 0. The highest BCUT2D eigenvalue weighted by Crippen LogP contribution is 2.24. The molecule has 0 aromatic heterocycles. The van der Waals surface area contributed by atoms with E-state index in [1.54, 1.807) is 0 Å². The fourth-order valence-corrected chi connectivity index (χ4v) is 1.96. The van der Waals surface area contributed by atoms with Gasteiger partial charge in [-0.05, 0) is 18.2 Å². The molecule has 0 heterocycles. The van der Waals surface area contributed by atoms with Crippen molar-refractivity contribution in [3.05, 3.63) is 63.7 Å². The number of hydrogen-bond acceptors (Lipinski definition) is 2. The zero-order chi connectivity index (χ0) is 17.3. The van der Waals surface area contributed by atoms with Gasteiger partial charge in [0.2, 0.25) is 0 Å². The van der Waals surface area contributed by atoms with Crippen molar-refractivity contribution in [2.75, 3.05) is 5.32 Å². The number of nitrogens with two attached hydrogens (primary N) is 1. The van der Waals surface area contributed by atoms with Crippen molar-refractivity contribution < 1.29 is 27.2 Å². The van der Waals surface area contributed by atoms with Crippen LogP contribution in [0.4, 0.5) is 23.2 Å². The minimum Gasteiger partial charge on any atom is -0.366 e. The second-order valence-electron chi connectivity index (χ2n) is 4.38. The standard InChI is InChI=1S/C14H7ClF4N2O2/c15-7-3-10(18)9(17)1-5(7)14(23)21-12-2-6(13(20)22)8(16)4-11(12)19/h1-4H,(H2,20,22)(H,21,23). The maximum atomic E-state index is 13.6. The summed E-state index contributed by atoms with van der Waals surface area (Å²) < 4.78 is 53.1. The van der Waals surface area contributed by atoms with Crippen molar-refractivity contribution in [1.29, 1.82) is 0 Å². The molecule has 3 N–H and O–H groups in total. The van der Waals surface area contributed by atoms with Crippen molar-refractivity contribution in [2.45, 2.75) is 0 Å². The van der Waals surface area contributed by atoms with E-state index in [2.05, 4.69) is 0 Å². The summed E-state index contributed by atoms with van der Waals surface area (Å²) in [5, 5.41) is 1.56. The van der Waals surface area contributed by atoms with Gasteiger partial charge < -0.3 is 11.1 Å². The van der Waals surface area contributed by atoms with E-state index in [1.165, 1.54) is 0 Å². The Bertz CT molecular complexity index is 827. The molecule has 4 nitrogen and oxygen atoms in total. The summed E-state index contributed by atoms with van der Waals surface area (Å²) in [6, 6.07) is 2.12. The lowest BCUT2D eigenvalue weighted by atomic mass is 10.1. The van der Waals surface area contributed by atoms with E-state index in [0.717, 1.165) is 0 Å². The van der Waals surface area contributed by atoms with Crippen LogP contribution in [-0.2, 0) is 0 Å². The van der Waals surface area contributed by atoms with Crippen molar-refractivity contribution in [3.63, 3.8) is 0 Å². The maximum absolute atomic E-state index is 13.6. The fourth-order valence-electron chi connectivity index (χ4n) is 1.72. The molecular weight excluding hydrogens is 340 g/mol. The Labute approximate surface area is 131 Å². The SMILES string of the molecule is NC(=O)c1cc(NC(=O)c2cc(F)c(F)cc2Cl)c(F)cc1F. The first-order valence-electron chi connectivity index (χ1n) is 5.95. The molecule has 0 aliphatic rings. The number of halogens is 5. The van der Waals surface area contributed by atoms with Crippen LogP contribution in [0, 0.1) is 23.3 Å². The quantitative estimate of drug-likeness (QED) is 0.661. The Balaban J connectivity index is 2.40. The number of carbonyl (C=O) groups is 2. The van der Waals surface area contributed by atoms with Crippen LogP contribution < -0.4 is 11.1 Å². The summed E-state index contributed by atoms with van der Waals surface area (Å²) in [6.07, 6.45) is 0. The second-order valence-corrected chi connectivity index (χ2v) is 4.78. The van der Waals surface area contributed by atoms with E-state index in [9.17, 15) is 27.2 Å². The normalized spacial score (nSPS) is 10.5. The molecule has 2 aromatic rings. The summed E-state index contributed by atoms with van der Waals surface area (Å²) >= 11 is 5.61. The van der Waals surface area contributed by atoms with Gasteiger partial charge >= 0.3 is 0 Å². The van der Waals surface area contributed by atoms with Gasteiger partial charge in [0.15, 0.2) is 11.6 Å².